The van der Waals surface area contributed by atoms with Crippen molar-refractivity contribution >= 4 is 11.6 Å². The minimum atomic E-state index is -0.0443. The summed E-state index contributed by atoms with van der Waals surface area (Å²) < 4.78 is 0. The lowest BCUT2D eigenvalue weighted by Crippen LogP contribution is -2.34. The second kappa shape index (κ2) is 15.1. The summed E-state index contributed by atoms with van der Waals surface area (Å²) in [6.45, 7) is 10.7. The zero-order chi connectivity index (χ0) is 23.1. The van der Waals surface area contributed by atoms with Gasteiger partial charge in [-0.3, -0.25) is 9.69 Å². The molecule has 5 heteroatoms. The van der Waals surface area contributed by atoms with E-state index in [9.17, 15) is 4.79 Å². The molecule has 2 rings (SSSR count). The first kappa shape index (κ1) is 26.2. The van der Waals surface area contributed by atoms with Crippen LogP contribution in [0.25, 0.3) is 0 Å². The van der Waals surface area contributed by atoms with Gasteiger partial charge in [0, 0.05) is 30.4 Å². The maximum absolute atomic E-state index is 11.7. The van der Waals surface area contributed by atoms with E-state index < -0.39 is 0 Å². The van der Waals surface area contributed by atoms with Gasteiger partial charge >= 0.3 is 0 Å². The lowest BCUT2D eigenvalue weighted by atomic mass is 10.1. The molecule has 0 bridgehead atoms. The van der Waals surface area contributed by atoms with Crippen molar-refractivity contribution in [3.63, 3.8) is 0 Å². The lowest BCUT2D eigenvalue weighted by molar-refractivity contribution is 0.0949. The first-order valence-corrected chi connectivity index (χ1v) is 10.9. The Balaban J connectivity index is 0.000000316. The summed E-state index contributed by atoms with van der Waals surface area (Å²) in [5, 5.41) is 2.90. The number of rotatable bonds is 10. The Labute approximate surface area is 188 Å². The highest BCUT2D eigenvalue weighted by Crippen LogP contribution is 2.07. The van der Waals surface area contributed by atoms with Crippen molar-refractivity contribution in [1.82, 2.24) is 15.1 Å². The van der Waals surface area contributed by atoms with Gasteiger partial charge in [-0.1, -0.05) is 50.1 Å². The fourth-order valence-electron chi connectivity index (χ4n) is 3.01. The highest BCUT2D eigenvalue weighted by Gasteiger charge is 2.08. The van der Waals surface area contributed by atoms with Gasteiger partial charge in [0.2, 0.25) is 0 Å². The molecule has 1 amide bonds. The smallest absolute Gasteiger partial charge is 0.251 e. The molecule has 0 fully saturated rings. The second-order valence-electron chi connectivity index (χ2n) is 7.56. The molecular formula is C26H38N4O. The molecule has 0 unspecified atom stereocenters. The number of terminal acetylenes is 1. The van der Waals surface area contributed by atoms with Crippen LogP contribution in [0.5, 0.6) is 0 Å². The Bertz CT molecular complexity index is 779. The normalized spacial score (nSPS) is 11.4. The summed E-state index contributed by atoms with van der Waals surface area (Å²) >= 11 is 0. The van der Waals surface area contributed by atoms with Crippen molar-refractivity contribution in [3.05, 3.63) is 65.7 Å². The standard InChI is InChI=1S/C13H21N3O.C13H17N/c1-3-16(4-2)10-9-15-13(17)11-5-7-12(14)8-6-11;1-4-10-14(3)12(2)11-13-8-6-5-7-9-13/h5-8H,3-4,9-10,14H2,1-2H3,(H,15,17);1,5-9,12H,10-11H2,2-3H3/t;12-/m.1/s1. The molecule has 31 heavy (non-hydrogen) atoms. The molecular weight excluding hydrogens is 384 g/mol. The second-order valence-corrected chi connectivity index (χ2v) is 7.56. The molecule has 0 spiro atoms. The average molecular weight is 423 g/mol. The topological polar surface area (TPSA) is 61.6 Å². The third-order valence-corrected chi connectivity index (χ3v) is 5.25. The maximum atomic E-state index is 11.7. The number of carbonyl (C=O) groups excluding carboxylic acids is 1. The minimum Gasteiger partial charge on any atom is -0.399 e. The number of nitrogens with one attached hydrogen (secondary N) is 1. The Morgan fingerprint density at radius 3 is 2.26 bits per heavy atom. The Hall–Kier alpha value is -2.81. The van der Waals surface area contributed by atoms with Gasteiger partial charge in [0.1, 0.15) is 0 Å². The Morgan fingerprint density at radius 2 is 1.71 bits per heavy atom. The SMILES string of the molecule is C#CCN(C)[C@H](C)Cc1ccccc1.CCN(CC)CCNC(=O)c1ccc(N)cc1. The molecule has 0 aliphatic carbocycles. The summed E-state index contributed by atoms with van der Waals surface area (Å²) in [4.78, 5) is 16.2. The minimum absolute atomic E-state index is 0.0443. The van der Waals surface area contributed by atoms with Gasteiger partial charge < -0.3 is 16.0 Å². The molecule has 168 valence electrons. The third-order valence-electron chi connectivity index (χ3n) is 5.25. The van der Waals surface area contributed by atoms with Crippen LogP contribution in [-0.4, -0.2) is 61.5 Å². The van der Waals surface area contributed by atoms with Crippen molar-refractivity contribution in [2.45, 2.75) is 33.2 Å². The van der Waals surface area contributed by atoms with Crippen LogP contribution in [0.3, 0.4) is 0 Å². The molecule has 2 aromatic carbocycles. The number of carbonyl (C=O) groups is 1. The van der Waals surface area contributed by atoms with E-state index in [2.05, 4.69) is 73.1 Å². The van der Waals surface area contributed by atoms with Crippen LogP contribution in [0.4, 0.5) is 5.69 Å². The summed E-state index contributed by atoms with van der Waals surface area (Å²) in [6.07, 6.45) is 6.32. The summed E-state index contributed by atoms with van der Waals surface area (Å²) in [5.74, 6) is 2.62. The summed E-state index contributed by atoms with van der Waals surface area (Å²) in [6, 6.07) is 17.9. The maximum Gasteiger partial charge on any atom is 0.251 e. The number of likely N-dealkylation sites (N-methyl/N-ethyl adjacent to an activating group) is 2. The number of nitrogen functional groups attached to an aromatic ring is 1. The molecule has 3 N–H and O–H groups in total. The molecule has 0 heterocycles. The van der Waals surface area contributed by atoms with Crippen LogP contribution >= 0.6 is 0 Å². The van der Waals surface area contributed by atoms with Gasteiger partial charge in [0.15, 0.2) is 0 Å². The van der Waals surface area contributed by atoms with Crippen LogP contribution in [0.1, 0.15) is 36.7 Å². The van der Waals surface area contributed by atoms with Crippen LogP contribution in [0.15, 0.2) is 54.6 Å². The van der Waals surface area contributed by atoms with Crippen LogP contribution in [0, 0.1) is 12.3 Å². The zero-order valence-electron chi connectivity index (χ0n) is 19.5. The van der Waals surface area contributed by atoms with Crippen molar-refractivity contribution < 1.29 is 4.79 Å². The third kappa shape index (κ3) is 10.7. The monoisotopic (exact) mass is 422 g/mol. The van der Waals surface area contributed by atoms with E-state index >= 15 is 0 Å². The van der Waals surface area contributed by atoms with Crippen LogP contribution in [0.2, 0.25) is 0 Å². The largest absolute Gasteiger partial charge is 0.399 e. The number of hydrogen-bond donors (Lipinski definition) is 2. The fraction of sp³-hybridized carbons (Fsp3) is 0.423. The van der Waals surface area contributed by atoms with Crippen LogP contribution in [-0.2, 0) is 6.42 Å². The predicted octanol–water partition coefficient (Wildman–Crippen LogP) is 3.52. The molecule has 2 aromatic rings. The van der Waals surface area contributed by atoms with E-state index in [4.69, 9.17) is 12.2 Å². The summed E-state index contributed by atoms with van der Waals surface area (Å²) in [5.41, 5.74) is 8.25. The first-order chi connectivity index (χ1) is 14.9. The van der Waals surface area contributed by atoms with Crippen molar-refractivity contribution in [2.24, 2.45) is 0 Å². The molecule has 0 radical (unpaired) electrons. The fourth-order valence-corrected chi connectivity index (χ4v) is 3.01. The van der Waals surface area contributed by atoms with Crippen LogP contribution < -0.4 is 11.1 Å². The van der Waals surface area contributed by atoms with E-state index in [0.717, 1.165) is 26.1 Å². The van der Waals surface area contributed by atoms with Crippen molar-refractivity contribution in [2.75, 3.05) is 45.5 Å². The van der Waals surface area contributed by atoms with Gasteiger partial charge in [-0.25, -0.2) is 0 Å². The first-order valence-electron chi connectivity index (χ1n) is 10.9. The van der Waals surface area contributed by atoms with E-state index in [-0.39, 0.29) is 5.91 Å². The van der Waals surface area contributed by atoms with Crippen molar-refractivity contribution in [3.8, 4) is 12.3 Å². The van der Waals surface area contributed by atoms with Gasteiger partial charge in [0.25, 0.3) is 5.91 Å². The van der Waals surface area contributed by atoms with Gasteiger partial charge in [0.05, 0.1) is 6.54 Å². The molecule has 0 saturated carbocycles. The summed E-state index contributed by atoms with van der Waals surface area (Å²) in [7, 11) is 2.06. The molecule has 0 aliphatic heterocycles. The number of nitrogens with zero attached hydrogens (tertiary/aromatic N) is 2. The number of anilines is 1. The Kier molecular flexibility index (Phi) is 12.7. The van der Waals surface area contributed by atoms with E-state index in [1.165, 1.54) is 5.56 Å². The molecule has 5 nitrogen and oxygen atoms in total. The number of hydrogen-bond acceptors (Lipinski definition) is 4. The highest BCUT2D eigenvalue weighted by molar-refractivity contribution is 5.94. The number of nitrogens with two attached hydrogens (primary N) is 1. The lowest BCUT2D eigenvalue weighted by Gasteiger charge is -2.22. The number of amides is 1. The van der Waals surface area contributed by atoms with Gasteiger partial charge in [-0.2, -0.15) is 0 Å². The number of benzene rings is 2. The predicted molar refractivity (Wildman–Crippen MR) is 132 cm³/mol. The quantitative estimate of drug-likeness (QED) is 0.454. The van der Waals surface area contributed by atoms with E-state index in [1.54, 1.807) is 24.3 Å². The zero-order valence-corrected chi connectivity index (χ0v) is 19.5. The molecule has 1 atom stereocenters. The van der Waals surface area contributed by atoms with E-state index in [1.807, 2.05) is 6.07 Å². The highest BCUT2D eigenvalue weighted by atomic mass is 16.1. The Morgan fingerprint density at radius 1 is 1.10 bits per heavy atom. The van der Waals surface area contributed by atoms with E-state index in [0.29, 0.717) is 30.4 Å². The molecule has 0 saturated heterocycles. The van der Waals surface area contributed by atoms with Crippen molar-refractivity contribution in [1.29, 1.82) is 0 Å². The van der Waals surface area contributed by atoms with Gasteiger partial charge in [-0.15, -0.1) is 6.42 Å². The molecule has 0 aromatic heterocycles. The molecule has 0 aliphatic rings. The average Bonchev–Trinajstić information content (AvgIpc) is 2.78. The van der Waals surface area contributed by atoms with Gasteiger partial charge in [-0.05, 0) is 63.3 Å².